The maximum absolute atomic E-state index is 12.0. The maximum atomic E-state index is 12.0. The van der Waals surface area contributed by atoms with Gasteiger partial charge in [0.05, 0.1) is 25.7 Å². The van der Waals surface area contributed by atoms with Crippen LogP contribution >= 0.6 is 0 Å². The summed E-state index contributed by atoms with van der Waals surface area (Å²) in [5, 5.41) is 0. The Bertz CT molecular complexity index is 576. The fraction of sp³-hybridized carbons (Fsp3) is 0.588. The van der Waals surface area contributed by atoms with Crippen molar-refractivity contribution < 1.29 is 28.5 Å². The van der Waals surface area contributed by atoms with E-state index in [2.05, 4.69) is 0 Å². The standard InChI is InChI=1S/C17H20O6/c1-19-15(18)12-11-13(12)17(20-2)22-10-8-21-16(23-14(10)11)9-6-4-3-5-7-9/h3-7,10-14,16-17H,8H2,1-2H3. The molecule has 7 atom stereocenters. The lowest BCUT2D eigenvalue weighted by Gasteiger charge is -2.41. The predicted octanol–water partition coefficient (Wildman–Crippen LogP) is 1.51. The molecule has 0 N–H and O–H groups in total. The van der Waals surface area contributed by atoms with Crippen LogP contribution in [0.2, 0.25) is 0 Å². The molecule has 2 saturated heterocycles. The normalized spacial score (nSPS) is 41.6. The van der Waals surface area contributed by atoms with Crippen molar-refractivity contribution in [3.63, 3.8) is 0 Å². The number of fused-ring (bicyclic) bond motifs is 3. The molecule has 4 rings (SSSR count). The van der Waals surface area contributed by atoms with Crippen LogP contribution in [0.5, 0.6) is 0 Å². The quantitative estimate of drug-likeness (QED) is 0.787. The van der Waals surface area contributed by atoms with Crippen molar-refractivity contribution in [2.75, 3.05) is 20.8 Å². The topological polar surface area (TPSA) is 63.2 Å². The maximum Gasteiger partial charge on any atom is 0.309 e. The van der Waals surface area contributed by atoms with Crippen LogP contribution in [-0.2, 0) is 28.5 Å². The number of esters is 1. The van der Waals surface area contributed by atoms with Crippen LogP contribution in [0, 0.1) is 17.8 Å². The van der Waals surface area contributed by atoms with Crippen LogP contribution in [-0.4, -0.2) is 45.3 Å². The minimum absolute atomic E-state index is 0.0109. The fourth-order valence-electron chi connectivity index (χ4n) is 3.85. The summed E-state index contributed by atoms with van der Waals surface area (Å²) in [5.41, 5.74) is 0.964. The molecule has 2 heterocycles. The average Bonchev–Trinajstić information content (AvgIpc) is 3.36. The molecule has 124 valence electrons. The summed E-state index contributed by atoms with van der Waals surface area (Å²) < 4.78 is 28.2. The summed E-state index contributed by atoms with van der Waals surface area (Å²) in [7, 11) is 3.00. The Morgan fingerprint density at radius 1 is 1.13 bits per heavy atom. The van der Waals surface area contributed by atoms with Gasteiger partial charge in [-0.05, 0) is 0 Å². The highest BCUT2D eigenvalue weighted by molar-refractivity contribution is 5.76. The summed E-state index contributed by atoms with van der Waals surface area (Å²) in [6.45, 7) is 0.418. The molecule has 6 heteroatoms. The minimum atomic E-state index is -0.431. The third kappa shape index (κ3) is 2.46. The van der Waals surface area contributed by atoms with Crippen molar-refractivity contribution in [1.82, 2.24) is 0 Å². The van der Waals surface area contributed by atoms with Gasteiger partial charge < -0.3 is 23.7 Å². The van der Waals surface area contributed by atoms with Crippen molar-refractivity contribution in [3.8, 4) is 0 Å². The third-order valence-electron chi connectivity index (χ3n) is 4.97. The van der Waals surface area contributed by atoms with E-state index in [0.717, 1.165) is 5.56 Å². The Morgan fingerprint density at radius 2 is 1.91 bits per heavy atom. The van der Waals surface area contributed by atoms with E-state index in [-0.39, 0.29) is 35.9 Å². The molecule has 23 heavy (non-hydrogen) atoms. The van der Waals surface area contributed by atoms with E-state index in [1.807, 2.05) is 30.3 Å². The molecule has 6 nitrogen and oxygen atoms in total. The van der Waals surface area contributed by atoms with Crippen LogP contribution in [0.15, 0.2) is 30.3 Å². The van der Waals surface area contributed by atoms with Crippen LogP contribution in [0.4, 0.5) is 0 Å². The van der Waals surface area contributed by atoms with Gasteiger partial charge in [0, 0.05) is 24.5 Å². The van der Waals surface area contributed by atoms with Gasteiger partial charge in [-0.2, -0.15) is 0 Å². The molecular weight excluding hydrogens is 300 g/mol. The molecule has 3 aliphatic rings. The van der Waals surface area contributed by atoms with Crippen LogP contribution in [0.1, 0.15) is 11.9 Å². The molecule has 1 aromatic carbocycles. The Labute approximate surface area is 134 Å². The fourth-order valence-corrected chi connectivity index (χ4v) is 3.85. The highest BCUT2D eigenvalue weighted by Gasteiger charge is 2.69. The third-order valence-corrected chi connectivity index (χ3v) is 4.97. The number of carbonyl (C=O) groups is 1. The number of benzene rings is 1. The number of ether oxygens (including phenoxy) is 5. The first-order chi connectivity index (χ1) is 11.2. The van der Waals surface area contributed by atoms with Crippen molar-refractivity contribution in [3.05, 3.63) is 35.9 Å². The number of hydrogen-bond acceptors (Lipinski definition) is 6. The molecule has 1 aromatic rings. The zero-order valence-corrected chi connectivity index (χ0v) is 13.1. The van der Waals surface area contributed by atoms with Gasteiger partial charge in [0.25, 0.3) is 0 Å². The summed E-state index contributed by atoms with van der Waals surface area (Å²) in [6, 6.07) is 9.78. The van der Waals surface area contributed by atoms with E-state index in [0.29, 0.717) is 6.61 Å². The SMILES string of the molecule is COC(=O)C1C2C(OC)OC3COC(c4ccccc4)OC3C12. The van der Waals surface area contributed by atoms with Gasteiger partial charge in [-0.15, -0.1) is 0 Å². The van der Waals surface area contributed by atoms with Crippen molar-refractivity contribution >= 4 is 5.97 Å². The molecule has 0 radical (unpaired) electrons. The van der Waals surface area contributed by atoms with E-state index >= 15 is 0 Å². The largest absolute Gasteiger partial charge is 0.469 e. The molecule has 1 saturated carbocycles. The monoisotopic (exact) mass is 320 g/mol. The molecule has 0 spiro atoms. The first-order valence-corrected chi connectivity index (χ1v) is 7.82. The summed E-state index contributed by atoms with van der Waals surface area (Å²) >= 11 is 0. The summed E-state index contributed by atoms with van der Waals surface area (Å²) in [6.07, 6.45) is -1.25. The first kappa shape index (κ1) is 15.1. The lowest BCUT2D eigenvalue weighted by atomic mass is 10.0. The van der Waals surface area contributed by atoms with E-state index < -0.39 is 12.6 Å². The van der Waals surface area contributed by atoms with E-state index in [1.54, 1.807) is 7.11 Å². The van der Waals surface area contributed by atoms with Crippen LogP contribution in [0.3, 0.4) is 0 Å². The van der Waals surface area contributed by atoms with Gasteiger partial charge in [-0.3, -0.25) is 4.79 Å². The van der Waals surface area contributed by atoms with Crippen LogP contribution in [0.25, 0.3) is 0 Å². The predicted molar refractivity (Wildman–Crippen MR) is 78.2 cm³/mol. The highest BCUT2D eigenvalue weighted by Crippen LogP contribution is 2.58. The van der Waals surface area contributed by atoms with Crippen molar-refractivity contribution in [2.24, 2.45) is 17.8 Å². The van der Waals surface area contributed by atoms with Crippen LogP contribution < -0.4 is 0 Å². The van der Waals surface area contributed by atoms with Gasteiger partial charge in [-0.1, -0.05) is 30.3 Å². The molecule has 0 bridgehead atoms. The van der Waals surface area contributed by atoms with Gasteiger partial charge >= 0.3 is 5.97 Å². The lowest BCUT2D eigenvalue weighted by Crippen LogP contribution is -2.49. The Hall–Kier alpha value is -1.47. The van der Waals surface area contributed by atoms with E-state index in [9.17, 15) is 4.79 Å². The zero-order chi connectivity index (χ0) is 16.0. The Balaban J connectivity index is 1.54. The molecule has 7 unspecified atom stereocenters. The smallest absolute Gasteiger partial charge is 0.309 e. The first-order valence-electron chi connectivity index (χ1n) is 7.82. The van der Waals surface area contributed by atoms with E-state index in [4.69, 9.17) is 23.7 Å². The molecule has 2 aliphatic heterocycles. The second-order valence-electron chi connectivity index (χ2n) is 6.16. The van der Waals surface area contributed by atoms with Crippen molar-refractivity contribution in [1.29, 1.82) is 0 Å². The molecule has 0 aromatic heterocycles. The summed E-state index contributed by atoms with van der Waals surface area (Å²) in [4.78, 5) is 12.0. The molecule has 3 fully saturated rings. The van der Waals surface area contributed by atoms with Gasteiger partial charge in [0.1, 0.15) is 6.10 Å². The van der Waals surface area contributed by atoms with Gasteiger partial charge in [0.15, 0.2) is 12.6 Å². The second-order valence-corrected chi connectivity index (χ2v) is 6.16. The highest BCUT2D eigenvalue weighted by atomic mass is 16.7. The van der Waals surface area contributed by atoms with Crippen molar-refractivity contribution in [2.45, 2.75) is 24.8 Å². The number of rotatable bonds is 3. The molecule has 1 aliphatic carbocycles. The Morgan fingerprint density at radius 3 is 2.61 bits per heavy atom. The minimum Gasteiger partial charge on any atom is -0.469 e. The lowest BCUT2D eigenvalue weighted by molar-refractivity contribution is -0.316. The second kappa shape index (κ2) is 5.87. The number of methoxy groups -OCH3 is 2. The molecule has 0 amide bonds. The van der Waals surface area contributed by atoms with Gasteiger partial charge in [-0.25, -0.2) is 0 Å². The summed E-state index contributed by atoms with van der Waals surface area (Å²) in [5.74, 6) is -0.406. The molecular formula is C17H20O6. The number of carbonyl (C=O) groups excluding carboxylic acids is 1. The van der Waals surface area contributed by atoms with Gasteiger partial charge in [0.2, 0.25) is 0 Å². The van der Waals surface area contributed by atoms with E-state index in [1.165, 1.54) is 7.11 Å². The number of hydrogen-bond donors (Lipinski definition) is 0. The average molecular weight is 320 g/mol. The Kier molecular flexibility index (Phi) is 3.85. The zero-order valence-electron chi connectivity index (χ0n) is 13.1.